The molecule has 80 valence electrons. The molecule has 2 N–H and O–H groups in total. The number of amides is 1. The maximum atomic E-state index is 11.6. The van der Waals surface area contributed by atoms with Crippen molar-refractivity contribution >= 4 is 17.5 Å². The summed E-state index contributed by atoms with van der Waals surface area (Å²) in [7, 11) is 0. The summed E-state index contributed by atoms with van der Waals surface area (Å²) in [5, 5.41) is 0. The minimum atomic E-state index is -0.0672. The van der Waals surface area contributed by atoms with E-state index >= 15 is 0 Å². The van der Waals surface area contributed by atoms with E-state index in [1.807, 2.05) is 6.92 Å². The van der Waals surface area contributed by atoms with Gasteiger partial charge < -0.3 is 10.5 Å². The maximum Gasteiger partial charge on any atom is 0.266 e. The van der Waals surface area contributed by atoms with E-state index in [4.69, 9.17) is 10.5 Å². The van der Waals surface area contributed by atoms with Crippen LogP contribution in [0.1, 0.15) is 13.3 Å². The minimum absolute atomic E-state index is 0.0672. The first kappa shape index (κ1) is 9.76. The van der Waals surface area contributed by atoms with Crippen molar-refractivity contribution in [2.45, 2.75) is 13.3 Å². The van der Waals surface area contributed by atoms with Gasteiger partial charge in [-0.25, -0.2) is 4.98 Å². The van der Waals surface area contributed by atoms with Gasteiger partial charge >= 0.3 is 0 Å². The first-order valence-corrected chi connectivity index (χ1v) is 4.92. The summed E-state index contributed by atoms with van der Waals surface area (Å²) in [5.41, 5.74) is 5.58. The highest BCUT2D eigenvalue weighted by Crippen LogP contribution is 2.30. The molecule has 1 aromatic heterocycles. The van der Waals surface area contributed by atoms with Crippen LogP contribution in [0.25, 0.3) is 0 Å². The Hall–Kier alpha value is -1.78. The number of nitrogen functional groups attached to an aromatic ring is 1. The average molecular weight is 207 g/mol. The van der Waals surface area contributed by atoms with Crippen LogP contribution in [0.4, 0.5) is 11.6 Å². The number of rotatable bonds is 2. The van der Waals surface area contributed by atoms with Crippen molar-refractivity contribution in [1.29, 1.82) is 0 Å². The number of ether oxygens (including phenoxy) is 1. The van der Waals surface area contributed by atoms with Crippen LogP contribution in [0.3, 0.4) is 0 Å². The third-order valence-corrected chi connectivity index (χ3v) is 2.22. The molecule has 2 heterocycles. The van der Waals surface area contributed by atoms with E-state index < -0.39 is 0 Å². The highest BCUT2D eigenvalue weighted by atomic mass is 16.5. The minimum Gasteiger partial charge on any atom is -0.480 e. The standard InChI is InChI=1S/C10H13N3O2/c1-2-5-13-9(14)6-15-7-3-4-8(11)12-10(7)13/h3-4H,2,5-6H2,1H3,(H2,11,12). The van der Waals surface area contributed by atoms with E-state index in [2.05, 4.69) is 4.98 Å². The van der Waals surface area contributed by atoms with Gasteiger partial charge in [-0.1, -0.05) is 6.92 Å². The normalized spacial score (nSPS) is 14.7. The molecule has 1 aliphatic heterocycles. The van der Waals surface area contributed by atoms with Gasteiger partial charge in [0.15, 0.2) is 18.2 Å². The topological polar surface area (TPSA) is 68.5 Å². The Bertz CT molecular complexity index is 392. The molecule has 5 nitrogen and oxygen atoms in total. The van der Waals surface area contributed by atoms with Crippen molar-refractivity contribution in [3.8, 4) is 5.75 Å². The molecule has 0 saturated heterocycles. The van der Waals surface area contributed by atoms with Crippen LogP contribution in [0, 0.1) is 0 Å². The molecule has 1 amide bonds. The van der Waals surface area contributed by atoms with Gasteiger partial charge in [0.2, 0.25) is 0 Å². The molecule has 5 heteroatoms. The molecule has 1 aromatic rings. The van der Waals surface area contributed by atoms with Crippen LogP contribution in [-0.2, 0) is 4.79 Å². The van der Waals surface area contributed by atoms with E-state index in [1.54, 1.807) is 17.0 Å². The summed E-state index contributed by atoms with van der Waals surface area (Å²) >= 11 is 0. The van der Waals surface area contributed by atoms with Gasteiger partial charge in [-0.3, -0.25) is 9.69 Å². The van der Waals surface area contributed by atoms with Gasteiger partial charge in [-0.05, 0) is 18.6 Å². The number of pyridine rings is 1. The zero-order valence-corrected chi connectivity index (χ0v) is 8.56. The van der Waals surface area contributed by atoms with E-state index in [0.29, 0.717) is 23.9 Å². The van der Waals surface area contributed by atoms with Crippen molar-refractivity contribution < 1.29 is 9.53 Å². The number of nitrogens with zero attached hydrogens (tertiary/aromatic N) is 2. The Morgan fingerprint density at radius 1 is 1.60 bits per heavy atom. The van der Waals surface area contributed by atoms with Crippen LogP contribution in [0.2, 0.25) is 0 Å². The number of fused-ring (bicyclic) bond motifs is 1. The molecule has 0 saturated carbocycles. The van der Waals surface area contributed by atoms with Crippen molar-refractivity contribution in [1.82, 2.24) is 4.98 Å². The number of carbonyl (C=O) groups is 1. The predicted molar refractivity (Wildman–Crippen MR) is 56.8 cm³/mol. The Labute approximate surface area is 87.8 Å². The second-order valence-electron chi connectivity index (χ2n) is 3.39. The highest BCUT2D eigenvalue weighted by Gasteiger charge is 2.26. The summed E-state index contributed by atoms with van der Waals surface area (Å²) < 4.78 is 5.26. The van der Waals surface area contributed by atoms with Crippen LogP contribution in [0.5, 0.6) is 5.75 Å². The molecule has 0 atom stereocenters. The molecule has 0 unspecified atom stereocenters. The Morgan fingerprint density at radius 2 is 2.40 bits per heavy atom. The first-order chi connectivity index (χ1) is 7.22. The largest absolute Gasteiger partial charge is 0.480 e. The molecular weight excluding hydrogens is 194 g/mol. The fourth-order valence-electron chi connectivity index (χ4n) is 1.55. The summed E-state index contributed by atoms with van der Waals surface area (Å²) in [5.74, 6) is 1.49. The van der Waals surface area contributed by atoms with Gasteiger partial charge in [0.1, 0.15) is 5.82 Å². The smallest absolute Gasteiger partial charge is 0.266 e. The summed E-state index contributed by atoms with van der Waals surface area (Å²) in [6.45, 7) is 2.74. The Kier molecular flexibility index (Phi) is 2.45. The molecule has 0 bridgehead atoms. The first-order valence-electron chi connectivity index (χ1n) is 4.92. The molecule has 0 fully saturated rings. The summed E-state index contributed by atoms with van der Waals surface area (Å²) in [4.78, 5) is 17.3. The average Bonchev–Trinajstić information content (AvgIpc) is 2.23. The van der Waals surface area contributed by atoms with Crippen LogP contribution < -0.4 is 15.4 Å². The fourth-order valence-corrected chi connectivity index (χ4v) is 1.55. The second-order valence-corrected chi connectivity index (χ2v) is 3.39. The molecule has 0 aromatic carbocycles. The maximum absolute atomic E-state index is 11.6. The number of nitrogens with two attached hydrogens (primary N) is 1. The third-order valence-electron chi connectivity index (χ3n) is 2.22. The van der Waals surface area contributed by atoms with Crippen LogP contribution in [0.15, 0.2) is 12.1 Å². The molecular formula is C10H13N3O2. The lowest BCUT2D eigenvalue weighted by Crippen LogP contribution is -2.39. The van der Waals surface area contributed by atoms with Crippen molar-refractivity contribution in [2.75, 3.05) is 23.8 Å². The monoisotopic (exact) mass is 207 g/mol. The fraction of sp³-hybridized carbons (Fsp3) is 0.400. The lowest BCUT2D eigenvalue weighted by atomic mass is 10.3. The van der Waals surface area contributed by atoms with Crippen LogP contribution >= 0.6 is 0 Å². The van der Waals surface area contributed by atoms with Gasteiger partial charge in [0, 0.05) is 6.54 Å². The van der Waals surface area contributed by atoms with E-state index in [0.717, 1.165) is 6.42 Å². The zero-order valence-electron chi connectivity index (χ0n) is 8.56. The second kappa shape index (κ2) is 3.76. The Balaban J connectivity index is 2.41. The zero-order chi connectivity index (χ0) is 10.8. The quantitative estimate of drug-likeness (QED) is 0.778. The molecule has 0 spiro atoms. The number of aromatic nitrogens is 1. The number of hydrogen-bond acceptors (Lipinski definition) is 4. The highest BCUT2D eigenvalue weighted by molar-refractivity contribution is 5.96. The SMILES string of the molecule is CCCN1C(=O)COc2ccc(N)nc21. The molecule has 2 rings (SSSR count). The molecule has 1 aliphatic rings. The van der Waals surface area contributed by atoms with Gasteiger partial charge in [0.05, 0.1) is 0 Å². The van der Waals surface area contributed by atoms with Gasteiger partial charge in [-0.15, -0.1) is 0 Å². The predicted octanol–water partition coefficient (Wildman–Crippen LogP) is 0.799. The molecule has 0 radical (unpaired) electrons. The van der Waals surface area contributed by atoms with Gasteiger partial charge in [-0.2, -0.15) is 0 Å². The van der Waals surface area contributed by atoms with Gasteiger partial charge in [0.25, 0.3) is 5.91 Å². The number of anilines is 2. The number of carbonyl (C=O) groups excluding carboxylic acids is 1. The summed E-state index contributed by atoms with van der Waals surface area (Å²) in [6, 6.07) is 3.41. The lowest BCUT2D eigenvalue weighted by Gasteiger charge is -2.27. The molecule has 0 aliphatic carbocycles. The van der Waals surface area contributed by atoms with E-state index in [1.165, 1.54) is 0 Å². The van der Waals surface area contributed by atoms with Crippen molar-refractivity contribution in [3.63, 3.8) is 0 Å². The van der Waals surface area contributed by atoms with E-state index in [9.17, 15) is 4.79 Å². The lowest BCUT2D eigenvalue weighted by molar-refractivity contribution is -0.121. The van der Waals surface area contributed by atoms with Crippen LogP contribution in [-0.4, -0.2) is 24.0 Å². The molecule has 15 heavy (non-hydrogen) atoms. The van der Waals surface area contributed by atoms with Crippen molar-refractivity contribution in [2.24, 2.45) is 0 Å². The number of hydrogen-bond donors (Lipinski definition) is 1. The third kappa shape index (κ3) is 1.72. The van der Waals surface area contributed by atoms with Crippen molar-refractivity contribution in [3.05, 3.63) is 12.1 Å². The van der Waals surface area contributed by atoms with E-state index in [-0.39, 0.29) is 12.5 Å². The Morgan fingerprint density at radius 3 is 3.13 bits per heavy atom. The summed E-state index contributed by atoms with van der Waals surface area (Å²) in [6.07, 6.45) is 0.877.